The number of halogens is 1. The van der Waals surface area contributed by atoms with Gasteiger partial charge in [-0.3, -0.25) is 15.2 Å². The molecule has 0 atom stereocenters. The second-order valence-electron chi connectivity index (χ2n) is 2.39. The third-order valence-electron chi connectivity index (χ3n) is 1.54. The van der Waals surface area contributed by atoms with Crippen molar-refractivity contribution in [3.05, 3.63) is 29.8 Å². The number of nitrogens with zero attached hydrogens (tertiary/aromatic N) is 1. The number of alkyl halides is 1. The number of Topliss-reactive ketones (excluding diaryl/α,β-unsaturated/α-hetero) is 1. The molecule has 13 heavy (non-hydrogen) atoms. The Bertz CT molecular complexity index is 297. The normalized spacial score (nSPS) is 9.77. The van der Waals surface area contributed by atoms with Gasteiger partial charge in [-0.05, 0) is 24.3 Å². The number of carbonyl (C=O) groups excluding carboxylic acids is 1. The molecule has 0 spiro atoms. The fraction of sp³-hybridized carbons (Fsp3) is 0.125. The fourth-order valence-electron chi connectivity index (χ4n) is 0.858. The Labute approximate surface area is 79.9 Å². The fourth-order valence-corrected chi connectivity index (χ4v) is 1.01. The largest absolute Gasteiger partial charge is 0.293 e. The highest BCUT2D eigenvalue weighted by atomic mass is 35.5. The molecule has 0 aromatic heterocycles. The maximum atomic E-state index is 11.0. The summed E-state index contributed by atoms with van der Waals surface area (Å²) in [6, 6.07) is 5.75. The van der Waals surface area contributed by atoms with Crippen molar-refractivity contribution in [2.45, 2.75) is 0 Å². The Balaban J connectivity index is 2.87. The van der Waals surface area contributed by atoms with E-state index in [2.05, 4.69) is 0 Å². The van der Waals surface area contributed by atoms with Crippen molar-refractivity contribution in [2.75, 3.05) is 11.1 Å². The molecule has 1 rings (SSSR count). The highest BCUT2D eigenvalue weighted by Gasteiger charge is 2.04. The van der Waals surface area contributed by atoms with Crippen LogP contribution in [-0.4, -0.2) is 22.1 Å². The van der Waals surface area contributed by atoms with E-state index in [1.807, 2.05) is 0 Å². The molecule has 0 heterocycles. The van der Waals surface area contributed by atoms with Crippen molar-refractivity contribution in [1.29, 1.82) is 0 Å². The average Bonchev–Trinajstić information content (AvgIpc) is 2.17. The van der Waals surface area contributed by atoms with Crippen LogP contribution in [0.3, 0.4) is 0 Å². The summed E-state index contributed by atoms with van der Waals surface area (Å²) in [5.74, 6) is -0.281. The molecule has 5 heteroatoms. The Morgan fingerprint density at radius 3 is 2.23 bits per heavy atom. The van der Waals surface area contributed by atoms with E-state index in [4.69, 9.17) is 22.0 Å². The van der Waals surface area contributed by atoms with Crippen LogP contribution in [0.1, 0.15) is 10.4 Å². The molecule has 1 aromatic rings. The molecule has 0 radical (unpaired) electrons. The van der Waals surface area contributed by atoms with Gasteiger partial charge in [0.15, 0.2) is 5.78 Å². The zero-order chi connectivity index (χ0) is 9.84. The van der Waals surface area contributed by atoms with E-state index in [9.17, 15) is 4.79 Å². The minimum absolute atomic E-state index is 0.0189. The van der Waals surface area contributed by atoms with Gasteiger partial charge in [0.1, 0.15) is 0 Å². The van der Waals surface area contributed by atoms with Gasteiger partial charge >= 0.3 is 0 Å². The number of carbonyl (C=O) groups is 1. The van der Waals surface area contributed by atoms with Crippen LogP contribution in [0, 0.1) is 0 Å². The molecule has 0 aliphatic rings. The molecule has 0 aliphatic heterocycles. The lowest BCUT2D eigenvalue weighted by Gasteiger charge is -2.07. The molecule has 4 nitrogen and oxygen atoms in total. The first-order chi connectivity index (χ1) is 6.15. The summed E-state index contributed by atoms with van der Waals surface area (Å²) in [6.45, 7) is 0. The minimum atomic E-state index is -0.198. The van der Waals surface area contributed by atoms with Crippen LogP contribution in [-0.2, 0) is 0 Å². The predicted octanol–water partition coefficient (Wildman–Crippen LogP) is 1.69. The third kappa shape index (κ3) is 2.42. The number of benzene rings is 1. The van der Waals surface area contributed by atoms with E-state index < -0.39 is 0 Å². The van der Waals surface area contributed by atoms with E-state index in [1.165, 1.54) is 24.3 Å². The van der Waals surface area contributed by atoms with E-state index in [-0.39, 0.29) is 22.6 Å². The lowest BCUT2D eigenvalue weighted by atomic mass is 10.1. The summed E-state index contributed by atoms with van der Waals surface area (Å²) in [4.78, 5) is 11.0. The van der Waals surface area contributed by atoms with E-state index in [0.717, 1.165) is 0 Å². The Morgan fingerprint density at radius 1 is 1.31 bits per heavy atom. The van der Waals surface area contributed by atoms with Crippen molar-refractivity contribution >= 4 is 23.1 Å². The van der Waals surface area contributed by atoms with Crippen molar-refractivity contribution < 1.29 is 15.2 Å². The topological polar surface area (TPSA) is 60.8 Å². The highest BCUT2D eigenvalue weighted by Crippen LogP contribution is 2.12. The number of ketones is 1. The molecule has 0 amide bonds. The first-order valence-electron chi connectivity index (χ1n) is 3.52. The maximum Gasteiger partial charge on any atom is 0.177 e. The molecule has 0 aliphatic carbocycles. The summed E-state index contributed by atoms with van der Waals surface area (Å²) in [5.41, 5.74) is 0.631. The third-order valence-corrected chi connectivity index (χ3v) is 1.78. The van der Waals surface area contributed by atoms with Crippen LogP contribution >= 0.6 is 11.6 Å². The molecular weight excluding hydrogens is 194 g/mol. The number of anilines is 1. The molecule has 0 saturated carbocycles. The smallest absolute Gasteiger partial charge is 0.177 e. The van der Waals surface area contributed by atoms with Crippen molar-refractivity contribution in [3.8, 4) is 0 Å². The SMILES string of the molecule is O=C(CCl)c1ccc(N(O)O)cc1. The molecule has 2 N–H and O–H groups in total. The van der Waals surface area contributed by atoms with E-state index in [0.29, 0.717) is 5.56 Å². The number of rotatable bonds is 3. The van der Waals surface area contributed by atoms with Crippen LogP contribution in [0.2, 0.25) is 0 Å². The lowest BCUT2D eigenvalue weighted by molar-refractivity contribution is 0.0291. The maximum absolute atomic E-state index is 11.0. The summed E-state index contributed by atoms with van der Waals surface area (Å²) in [6.07, 6.45) is 0. The second kappa shape index (κ2) is 4.23. The van der Waals surface area contributed by atoms with Crippen LogP contribution in [0.5, 0.6) is 0 Å². The van der Waals surface area contributed by atoms with Crippen molar-refractivity contribution in [2.24, 2.45) is 0 Å². The van der Waals surface area contributed by atoms with Gasteiger partial charge in [-0.1, -0.05) is 0 Å². The van der Waals surface area contributed by atoms with E-state index in [1.54, 1.807) is 0 Å². The molecular formula is C8H8ClNO3. The molecule has 70 valence electrons. The highest BCUT2D eigenvalue weighted by molar-refractivity contribution is 6.30. The number of hydrogen-bond acceptors (Lipinski definition) is 4. The van der Waals surface area contributed by atoms with Gasteiger partial charge in [0.25, 0.3) is 0 Å². The van der Waals surface area contributed by atoms with Crippen LogP contribution < -0.4 is 5.23 Å². The van der Waals surface area contributed by atoms with Gasteiger partial charge in [-0.25, -0.2) is 0 Å². The summed E-state index contributed by atoms with van der Waals surface area (Å²) in [5, 5.41) is 17.2. The summed E-state index contributed by atoms with van der Waals surface area (Å²) < 4.78 is 0. The Hall–Kier alpha value is -1.10. The van der Waals surface area contributed by atoms with Gasteiger partial charge in [0.2, 0.25) is 0 Å². The summed E-state index contributed by atoms with van der Waals surface area (Å²) in [7, 11) is 0. The average molecular weight is 202 g/mol. The van der Waals surface area contributed by atoms with Gasteiger partial charge in [-0.2, -0.15) is 0 Å². The molecule has 0 saturated heterocycles. The minimum Gasteiger partial charge on any atom is -0.293 e. The van der Waals surface area contributed by atoms with Gasteiger partial charge in [0.05, 0.1) is 11.6 Å². The molecule has 0 bridgehead atoms. The second-order valence-corrected chi connectivity index (χ2v) is 2.66. The lowest BCUT2D eigenvalue weighted by Crippen LogP contribution is -2.11. The summed E-state index contributed by atoms with van der Waals surface area (Å²) >= 11 is 5.33. The first-order valence-corrected chi connectivity index (χ1v) is 4.05. The van der Waals surface area contributed by atoms with Crippen molar-refractivity contribution in [1.82, 2.24) is 0 Å². The zero-order valence-electron chi connectivity index (χ0n) is 6.64. The zero-order valence-corrected chi connectivity index (χ0v) is 7.40. The van der Waals surface area contributed by atoms with Crippen molar-refractivity contribution in [3.63, 3.8) is 0 Å². The van der Waals surface area contributed by atoms with Gasteiger partial charge < -0.3 is 0 Å². The first kappa shape index (κ1) is 9.98. The van der Waals surface area contributed by atoms with Gasteiger partial charge in [-0.15, -0.1) is 16.8 Å². The predicted molar refractivity (Wildman–Crippen MR) is 47.5 cm³/mol. The standard InChI is InChI=1S/C8H8ClNO3/c9-5-8(11)6-1-3-7(4-2-6)10(12)13/h1-4,12-13H,5H2. The van der Waals surface area contributed by atoms with Gasteiger partial charge in [0, 0.05) is 5.56 Å². The van der Waals surface area contributed by atoms with Crippen LogP contribution in [0.25, 0.3) is 0 Å². The Kier molecular flexibility index (Phi) is 3.25. The quantitative estimate of drug-likeness (QED) is 0.444. The monoisotopic (exact) mass is 201 g/mol. The van der Waals surface area contributed by atoms with E-state index >= 15 is 0 Å². The Morgan fingerprint density at radius 2 is 1.85 bits per heavy atom. The molecule has 0 unspecified atom stereocenters. The van der Waals surface area contributed by atoms with Crippen LogP contribution in [0.15, 0.2) is 24.3 Å². The molecule has 1 aromatic carbocycles. The molecule has 0 fully saturated rings. The van der Waals surface area contributed by atoms with Crippen LogP contribution in [0.4, 0.5) is 5.69 Å². The number of hydrogen-bond donors (Lipinski definition) is 2.